The number of nitrogens with one attached hydrogen (secondary N) is 2. The molecule has 3 N–H and O–H groups in total. The summed E-state index contributed by atoms with van der Waals surface area (Å²) in [7, 11) is 0. The van der Waals surface area contributed by atoms with Crippen molar-refractivity contribution in [2.45, 2.75) is 32.9 Å². The first-order valence-electron chi connectivity index (χ1n) is 9.90. The highest BCUT2D eigenvalue weighted by molar-refractivity contribution is 14.0. The second kappa shape index (κ2) is 11.1. The summed E-state index contributed by atoms with van der Waals surface area (Å²) in [4.78, 5) is 4.72. The fourth-order valence-electron chi connectivity index (χ4n) is 3.08. The maximum Gasteiger partial charge on any atom is 0.191 e. The number of hydrogen-bond donors (Lipinski definition) is 3. The Morgan fingerprint density at radius 1 is 1.07 bits per heavy atom. The first-order chi connectivity index (χ1) is 14.0. The van der Waals surface area contributed by atoms with Crippen molar-refractivity contribution in [1.29, 1.82) is 0 Å². The quantitative estimate of drug-likeness (QED) is 0.253. The molecule has 6 nitrogen and oxygen atoms in total. The Bertz CT molecular complexity index is 953. The molecule has 0 radical (unpaired) electrons. The molecule has 0 saturated heterocycles. The van der Waals surface area contributed by atoms with E-state index in [-0.39, 0.29) is 24.0 Å². The molecule has 0 fully saturated rings. The summed E-state index contributed by atoms with van der Waals surface area (Å²) in [6, 6.07) is 19.7. The molecule has 0 aliphatic heterocycles. The van der Waals surface area contributed by atoms with Crippen LogP contribution in [0.2, 0.25) is 0 Å². The number of para-hydroxylation sites is 1. The van der Waals surface area contributed by atoms with Crippen molar-refractivity contribution >= 4 is 29.9 Å². The van der Waals surface area contributed by atoms with E-state index in [9.17, 15) is 5.11 Å². The smallest absolute Gasteiger partial charge is 0.191 e. The molecule has 0 aliphatic rings. The van der Waals surface area contributed by atoms with Crippen molar-refractivity contribution in [3.63, 3.8) is 0 Å². The van der Waals surface area contributed by atoms with Crippen LogP contribution in [0.25, 0.3) is 5.69 Å². The van der Waals surface area contributed by atoms with Crippen molar-refractivity contribution in [2.24, 2.45) is 4.99 Å². The molecular formula is C23H30IN5O. The molecule has 3 rings (SSSR count). The number of aliphatic hydroxyl groups is 1. The summed E-state index contributed by atoms with van der Waals surface area (Å²) >= 11 is 0. The van der Waals surface area contributed by atoms with Gasteiger partial charge in [-0.1, -0.05) is 48.5 Å². The van der Waals surface area contributed by atoms with E-state index in [1.807, 2.05) is 79.3 Å². The predicted molar refractivity (Wildman–Crippen MR) is 133 cm³/mol. The lowest BCUT2D eigenvalue weighted by atomic mass is 9.96. The van der Waals surface area contributed by atoms with Gasteiger partial charge in [-0.05, 0) is 44.0 Å². The van der Waals surface area contributed by atoms with Crippen LogP contribution in [-0.4, -0.2) is 33.9 Å². The van der Waals surface area contributed by atoms with E-state index in [1.54, 1.807) is 6.92 Å². The lowest BCUT2D eigenvalue weighted by molar-refractivity contribution is 0.0617. The second-order valence-corrected chi connectivity index (χ2v) is 7.22. The highest BCUT2D eigenvalue weighted by atomic mass is 127. The molecule has 1 heterocycles. The van der Waals surface area contributed by atoms with Crippen LogP contribution < -0.4 is 10.6 Å². The number of guanidine groups is 1. The Labute approximate surface area is 195 Å². The number of halogens is 1. The van der Waals surface area contributed by atoms with Crippen molar-refractivity contribution in [3.05, 3.63) is 83.7 Å². The number of aliphatic imine (C=N–C) groups is 1. The lowest BCUT2D eigenvalue weighted by Gasteiger charge is -2.25. The Morgan fingerprint density at radius 2 is 1.77 bits per heavy atom. The molecule has 0 amide bonds. The van der Waals surface area contributed by atoms with Gasteiger partial charge in [0.2, 0.25) is 0 Å². The number of aromatic nitrogens is 2. The van der Waals surface area contributed by atoms with Crippen LogP contribution in [0.4, 0.5) is 0 Å². The Morgan fingerprint density at radius 3 is 2.43 bits per heavy atom. The van der Waals surface area contributed by atoms with Gasteiger partial charge in [-0.2, -0.15) is 5.10 Å². The molecule has 0 bridgehead atoms. The second-order valence-electron chi connectivity index (χ2n) is 7.22. The van der Waals surface area contributed by atoms with E-state index < -0.39 is 5.60 Å². The molecule has 30 heavy (non-hydrogen) atoms. The third-order valence-electron chi connectivity index (χ3n) is 4.71. The minimum Gasteiger partial charge on any atom is -0.384 e. The molecule has 2 aromatic carbocycles. The molecular weight excluding hydrogens is 489 g/mol. The van der Waals surface area contributed by atoms with Crippen LogP contribution in [0, 0.1) is 6.92 Å². The summed E-state index contributed by atoms with van der Waals surface area (Å²) in [6.45, 7) is 7.38. The summed E-state index contributed by atoms with van der Waals surface area (Å²) < 4.78 is 1.88. The topological polar surface area (TPSA) is 74.5 Å². The summed E-state index contributed by atoms with van der Waals surface area (Å²) in [5, 5.41) is 21.8. The van der Waals surface area contributed by atoms with Gasteiger partial charge in [-0.15, -0.1) is 24.0 Å². The highest BCUT2D eigenvalue weighted by Gasteiger charge is 2.23. The van der Waals surface area contributed by atoms with Crippen LogP contribution >= 0.6 is 24.0 Å². The number of rotatable bonds is 7. The molecule has 1 aromatic heterocycles. The van der Waals surface area contributed by atoms with E-state index in [1.165, 1.54) is 0 Å². The maximum absolute atomic E-state index is 10.8. The van der Waals surface area contributed by atoms with Gasteiger partial charge in [0.25, 0.3) is 0 Å². The molecule has 7 heteroatoms. The van der Waals surface area contributed by atoms with Crippen LogP contribution in [0.3, 0.4) is 0 Å². The average Bonchev–Trinajstić information content (AvgIpc) is 3.17. The summed E-state index contributed by atoms with van der Waals surface area (Å²) in [5.41, 5.74) is 2.92. The number of nitrogens with zero attached hydrogens (tertiary/aromatic N) is 3. The van der Waals surface area contributed by atoms with E-state index >= 15 is 0 Å². The lowest BCUT2D eigenvalue weighted by Crippen LogP contribution is -2.44. The van der Waals surface area contributed by atoms with Gasteiger partial charge in [0.05, 0.1) is 24.5 Å². The number of benzene rings is 2. The summed E-state index contributed by atoms with van der Waals surface area (Å²) in [5.74, 6) is 0.662. The highest BCUT2D eigenvalue weighted by Crippen LogP contribution is 2.19. The minimum absolute atomic E-state index is 0. The van der Waals surface area contributed by atoms with Crippen LogP contribution in [-0.2, 0) is 12.1 Å². The van der Waals surface area contributed by atoms with Crippen LogP contribution in [0.15, 0.2) is 71.9 Å². The monoisotopic (exact) mass is 519 g/mol. The van der Waals surface area contributed by atoms with Crippen LogP contribution in [0.5, 0.6) is 0 Å². The predicted octanol–water partition coefficient (Wildman–Crippen LogP) is 3.76. The number of aryl methyl sites for hydroxylation is 1. The molecule has 3 aromatic rings. The molecule has 160 valence electrons. The van der Waals surface area contributed by atoms with Crippen molar-refractivity contribution < 1.29 is 5.11 Å². The fraction of sp³-hybridized carbons (Fsp3) is 0.304. The zero-order valence-electron chi connectivity index (χ0n) is 17.7. The van der Waals surface area contributed by atoms with Crippen molar-refractivity contribution in [1.82, 2.24) is 20.4 Å². The molecule has 1 unspecified atom stereocenters. The Kier molecular flexibility index (Phi) is 8.86. The Hall–Kier alpha value is -2.39. The van der Waals surface area contributed by atoms with Gasteiger partial charge in [0.15, 0.2) is 5.96 Å². The van der Waals surface area contributed by atoms with Gasteiger partial charge >= 0.3 is 0 Å². The van der Waals surface area contributed by atoms with Gasteiger partial charge in [-0.3, -0.25) is 0 Å². The number of hydrogen-bond acceptors (Lipinski definition) is 3. The standard InChI is InChI=1S/C23H29N5O.HI/c1-4-24-22(26-17-23(3,29)20-11-6-5-7-12-20)25-16-19-10-8-9-13-21(19)28-15-14-18(2)27-28;/h5-15,29H,4,16-17H2,1-3H3,(H2,24,25,26);1H. The SMILES string of the molecule is CCNC(=NCc1ccccc1-n1ccc(C)n1)NCC(C)(O)c1ccccc1.I. The molecule has 1 atom stereocenters. The van der Waals surface area contributed by atoms with E-state index in [0.717, 1.165) is 29.1 Å². The molecule has 0 spiro atoms. The average molecular weight is 519 g/mol. The third-order valence-corrected chi connectivity index (χ3v) is 4.71. The van der Waals surface area contributed by atoms with Gasteiger partial charge < -0.3 is 15.7 Å². The third kappa shape index (κ3) is 6.30. The van der Waals surface area contributed by atoms with Gasteiger partial charge in [0, 0.05) is 12.7 Å². The van der Waals surface area contributed by atoms with Crippen molar-refractivity contribution in [2.75, 3.05) is 13.1 Å². The molecule has 0 saturated carbocycles. The van der Waals surface area contributed by atoms with E-state index in [4.69, 9.17) is 4.99 Å². The van der Waals surface area contributed by atoms with Crippen LogP contribution in [0.1, 0.15) is 30.7 Å². The maximum atomic E-state index is 10.8. The first kappa shape index (κ1) is 23.9. The normalized spacial score (nSPS) is 13.3. The minimum atomic E-state index is -0.998. The first-order valence-corrected chi connectivity index (χ1v) is 9.90. The largest absolute Gasteiger partial charge is 0.384 e. The Balaban J connectivity index is 0.00000320. The zero-order chi connectivity index (χ0) is 20.7. The van der Waals surface area contributed by atoms with E-state index in [0.29, 0.717) is 19.0 Å². The fourth-order valence-corrected chi connectivity index (χ4v) is 3.08. The molecule has 0 aliphatic carbocycles. The van der Waals surface area contributed by atoms with Crippen molar-refractivity contribution in [3.8, 4) is 5.69 Å². The van der Waals surface area contributed by atoms with Gasteiger partial charge in [0.1, 0.15) is 5.60 Å². The van der Waals surface area contributed by atoms with E-state index in [2.05, 4.69) is 21.8 Å². The summed E-state index contributed by atoms with van der Waals surface area (Å²) in [6.07, 6.45) is 1.96. The zero-order valence-corrected chi connectivity index (χ0v) is 20.0. The van der Waals surface area contributed by atoms with Gasteiger partial charge in [-0.25, -0.2) is 9.67 Å².